The van der Waals surface area contributed by atoms with Gasteiger partial charge in [-0.3, -0.25) is 4.79 Å². The molecule has 0 unspecified atom stereocenters. The number of anilines is 1. The highest BCUT2D eigenvalue weighted by molar-refractivity contribution is 5.94. The average Bonchev–Trinajstić information content (AvgIpc) is 3.14. The first-order chi connectivity index (χ1) is 8.70. The molecule has 1 aromatic rings. The lowest BCUT2D eigenvalue weighted by Crippen LogP contribution is -2.38. The molecule has 0 aromatic heterocycles. The van der Waals surface area contributed by atoms with Gasteiger partial charge in [0.05, 0.1) is 6.54 Å². The molecular weight excluding hydrogens is 224 g/mol. The number of carbonyl (C=O) groups excluding carboxylic acids is 1. The maximum atomic E-state index is 12.2. The first-order valence-corrected chi connectivity index (χ1v) is 6.78. The van der Waals surface area contributed by atoms with Crippen LogP contribution < -0.4 is 10.2 Å². The van der Waals surface area contributed by atoms with Gasteiger partial charge < -0.3 is 10.2 Å². The van der Waals surface area contributed by atoms with E-state index in [0.29, 0.717) is 13.1 Å². The normalized spacial score (nSPS) is 14.6. The highest BCUT2D eigenvalue weighted by Crippen LogP contribution is 2.27. The van der Waals surface area contributed by atoms with Crippen molar-refractivity contribution in [3.63, 3.8) is 0 Å². The van der Waals surface area contributed by atoms with Gasteiger partial charge in [-0.25, -0.2) is 0 Å². The summed E-state index contributed by atoms with van der Waals surface area (Å²) in [6.45, 7) is 6.21. The summed E-state index contributed by atoms with van der Waals surface area (Å²) in [5.74, 6) is 0.968. The van der Waals surface area contributed by atoms with Crippen LogP contribution in [-0.4, -0.2) is 25.5 Å². The fourth-order valence-electron chi connectivity index (χ4n) is 2.10. The molecule has 0 spiro atoms. The van der Waals surface area contributed by atoms with E-state index in [1.807, 2.05) is 36.9 Å². The summed E-state index contributed by atoms with van der Waals surface area (Å²) >= 11 is 0. The van der Waals surface area contributed by atoms with Gasteiger partial charge in [-0.1, -0.05) is 12.1 Å². The van der Waals surface area contributed by atoms with Gasteiger partial charge in [0.15, 0.2) is 0 Å². The van der Waals surface area contributed by atoms with Gasteiger partial charge in [0, 0.05) is 12.2 Å². The van der Waals surface area contributed by atoms with Crippen molar-refractivity contribution in [2.45, 2.75) is 26.7 Å². The van der Waals surface area contributed by atoms with Crippen LogP contribution in [0.5, 0.6) is 0 Å². The Morgan fingerprint density at radius 3 is 2.83 bits per heavy atom. The molecule has 0 aliphatic heterocycles. The summed E-state index contributed by atoms with van der Waals surface area (Å²) in [7, 11) is 0. The largest absolute Gasteiger partial charge is 0.312 e. The highest BCUT2D eigenvalue weighted by Gasteiger charge is 2.21. The Morgan fingerprint density at radius 1 is 1.44 bits per heavy atom. The summed E-state index contributed by atoms with van der Waals surface area (Å²) in [5.41, 5.74) is 2.18. The zero-order valence-electron chi connectivity index (χ0n) is 11.3. The third kappa shape index (κ3) is 3.57. The van der Waals surface area contributed by atoms with Crippen LogP contribution in [0.1, 0.15) is 25.3 Å². The molecule has 1 aromatic carbocycles. The molecule has 1 saturated carbocycles. The minimum atomic E-state index is 0.156. The van der Waals surface area contributed by atoms with E-state index in [1.165, 1.54) is 18.4 Å². The van der Waals surface area contributed by atoms with Crippen molar-refractivity contribution in [3.05, 3.63) is 29.8 Å². The Morgan fingerprint density at radius 2 is 2.22 bits per heavy atom. The topological polar surface area (TPSA) is 32.3 Å². The number of aryl methyl sites for hydroxylation is 1. The lowest BCUT2D eigenvalue weighted by atomic mass is 10.2. The van der Waals surface area contributed by atoms with Crippen molar-refractivity contribution in [1.29, 1.82) is 0 Å². The number of nitrogens with one attached hydrogen (secondary N) is 1. The number of hydrogen-bond donors (Lipinski definition) is 1. The van der Waals surface area contributed by atoms with Crippen LogP contribution >= 0.6 is 0 Å². The Kier molecular flexibility index (Phi) is 4.37. The van der Waals surface area contributed by atoms with Crippen LogP contribution in [0, 0.1) is 12.8 Å². The van der Waals surface area contributed by atoms with Gasteiger partial charge >= 0.3 is 0 Å². The Balaban J connectivity index is 1.91. The lowest BCUT2D eigenvalue weighted by molar-refractivity contribution is -0.117. The Labute approximate surface area is 109 Å². The third-order valence-corrected chi connectivity index (χ3v) is 3.34. The first kappa shape index (κ1) is 13.1. The average molecular weight is 246 g/mol. The fourth-order valence-corrected chi connectivity index (χ4v) is 2.10. The molecule has 0 bridgehead atoms. The van der Waals surface area contributed by atoms with E-state index in [1.54, 1.807) is 0 Å². The van der Waals surface area contributed by atoms with Gasteiger partial charge in [0.1, 0.15) is 0 Å². The van der Waals surface area contributed by atoms with Gasteiger partial charge in [-0.15, -0.1) is 0 Å². The van der Waals surface area contributed by atoms with Crippen LogP contribution in [0.3, 0.4) is 0 Å². The van der Waals surface area contributed by atoms with E-state index in [0.717, 1.165) is 18.2 Å². The Bertz CT molecular complexity index is 413. The van der Waals surface area contributed by atoms with E-state index in [4.69, 9.17) is 0 Å². The summed E-state index contributed by atoms with van der Waals surface area (Å²) < 4.78 is 0. The number of nitrogens with zero attached hydrogens (tertiary/aromatic N) is 1. The molecule has 1 fully saturated rings. The number of benzene rings is 1. The van der Waals surface area contributed by atoms with Gasteiger partial charge in [0.2, 0.25) is 5.91 Å². The maximum absolute atomic E-state index is 12.2. The van der Waals surface area contributed by atoms with Crippen molar-refractivity contribution < 1.29 is 4.79 Å². The molecule has 1 aliphatic rings. The van der Waals surface area contributed by atoms with Crippen LogP contribution in [-0.2, 0) is 4.79 Å². The molecular formula is C15H22N2O. The molecule has 18 heavy (non-hydrogen) atoms. The second-order valence-electron chi connectivity index (χ2n) is 5.05. The molecule has 3 heteroatoms. The van der Waals surface area contributed by atoms with Gasteiger partial charge in [-0.05, 0) is 56.8 Å². The van der Waals surface area contributed by atoms with E-state index < -0.39 is 0 Å². The number of hydrogen-bond acceptors (Lipinski definition) is 2. The number of likely N-dealkylation sites (N-methyl/N-ethyl adjacent to an activating group) is 1. The number of rotatable bonds is 6. The monoisotopic (exact) mass is 246 g/mol. The highest BCUT2D eigenvalue weighted by atomic mass is 16.2. The standard InChI is InChI=1S/C15H22N2O/c1-3-17(14-6-4-5-12(2)9-14)15(18)11-16-10-13-7-8-13/h4-6,9,13,16H,3,7-8,10-11H2,1-2H3. The molecule has 1 aliphatic carbocycles. The molecule has 0 saturated heterocycles. The summed E-state index contributed by atoms with van der Waals surface area (Å²) in [5, 5.41) is 3.26. The molecule has 0 radical (unpaired) electrons. The quantitative estimate of drug-likeness (QED) is 0.835. The van der Waals surface area contributed by atoms with Crippen molar-refractivity contribution in [3.8, 4) is 0 Å². The van der Waals surface area contributed by atoms with Crippen molar-refractivity contribution >= 4 is 11.6 Å². The summed E-state index contributed by atoms with van der Waals surface area (Å²) in [6.07, 6.45) is 2.63. The molecule has 1 amide bonds. The fraction of sp³-hybridized carbons (Fsp3) is 0.533. The van der Waals surface area contributed by atoms with Crippen LogP contribution in [0.4, 0.5) is 5.69 Å². The molecule has 1 N–H and O–H groups in total. The lowest BCUT2D eigenvalue weighted by Gasteiger charge is -2.21. The van der Waals surface area contributed by atoms with Crippen molar-refractivity contribution in [2.75, 3.05) is 24.5 Å². The Hall–Kier alpha value is -1.35. The molecule has 0 heterocycles. The minimum Gasteiger partial charge on any atom is -0.312 e. The maximum Gasteiger partial charge on any atom is 0.240 e. The summed E-state index contributed by atoms with van der Waals surface area (Å²) in [4.78, 5) is 14.0. The molecule has 0 atom stereocenters. The number of carbonyl (C=O) groups is 1. The van der Waals surface area contributed by atoms with E-state index in [-0.39, 0.29) is 5.91 Å². The van der Waals surface area contributed by atoms with Crippen LogP contribution in [0.25, 0.3) is 0 Å². The molecule has 2 rings (SSSR count). The second kappa shape index (κ2) is 6.01. The minimum absolute atomic E-state index is 0.156. The first-order valence-electron chi connectivity index (χ1n) is 6.78. The van der Waals surface area contributed by atoms with Crippen molar-refractivity contribution in [2.24, 2.45) is 5.92 Å². The predicted octanol–water partition coefficient (Wildman–Crippen LogP) is 2.35. The van der Waals surface area contributed by atoms with E-state index >= 15 is 0 Å². The van der Waals surface area contributed by atoms with Crippen LogP contribution in [0.15, 0.2) is 24.3 Å². The second-order valence-corrected chi connectivity index (χ2v) is 5.05. The molecule has 3 nitrogen and oxygen atoms in total. The molecule has 98 valence electrons. The van der Waals surface area contributed by atoms with Gasteiger partial charge in [-0.2, -0.15) is 0 Å². The van der Waals surface area contributed by atoms with Crippen molar-refractivity contribution in [1.82, 2.24) is 5.32 Å². The van der Waals surface area contributed by atoms with Crippen LogP contribution in [0.2, 0.25) is 0 Å². The smallest absolute Gasteiger partial charge is 0.240 e. The van der Waals surface area contributed by atoms with Gasteiger partial charge in [0.25, 0.3) is 0 Å². The SMILES string of the molecule is CCN(C(=O)CNCC1CC1)c1cccc(C)c1. The summed E-state index contributed by atoms with van der Waals surface area (Å²) in [6, 6.07) is 8.10. The third-order valence-electron chi connectivity index (χ3n) is 3.34. The zero-order valence-corrected chi connectivity index (χ0v) is 11.3. The predicted molar refractivity (Wildman–Crippen MR) is 74.8 cm³/mol. The van der Waals surface area contributed by atoms with E-state index in [9.17, 15) is 4.79 Å². The zero-order chi connectivity index (χ0) is 13.0. The number of amides is 1. The van der Waals surface area contributed by atoms with E-state index in [2.05, 4.69) is 11.4 Å².